The van der Waals surface area contributed by atoms with Crippen LogP contribution in [0.2, 0.25) is 0 Å². The van der Waals surface area contributed by atoms with Gasteiger partial charge in [0.15, 0.2) is 5.72 Å². The third-order valence-electron chi connectivity index (χ3n) is 5.86. The van der Waals surface area contributed by atoms with Crippen molar-refractivity contribution < 1.29 is 23.8 Å². The number of nitrogens with zero attached hydrogens (tertiary/aromatic N) is 1. The van der Waals surface area contributed by atoms with E-state index in [-0.39, 0.29) is 17.9 Å². The van der Waals surface area contributed by atoms with Crippen molar-refractivity contribution in [2.24, 2.45) is 0 Å². The highest BCUT2D eigenvalue weighted by Gasteiger charge is 2.43. The van der Waals surface area contributed by atoms with Gasteiger partial charge in [-0.1, -0.05) is 0 Å². The van der Waals surface area contributed by atoms with Gasteiger partial charge in [0.05, 0.1) is 24.3 Å². The van der Waals surface area contributed by atoms with E-state index in [9.17, 15) is 9.59 Å². The Morgan fingerprint density at radius 3 is 2.64 bits per heavy atom. The van der Waals surface area contributed by atoms with E-state index < -0.39 is 5.72 Å². The number of amides is 2. The summed E-state index contributed by atoms with van der Waals surface area (Å²) >= 11 is 0. The number of fused-ring (bicyclic) bond motifs is 1. The predicted molar refractivity (Wildman–Crippen MR) is 123 cm³/mol. The molecule has 0 aliphatic carbocycles. The highest BCUT2D eigenvalue weighted by molar-refractivity contribution is 6.00. The van der Waals surface area contributed by atoms with Gasteiger partial charge < -0.3 is 35.6 Å². The number of anilines is 1. The lowest BCUT2D eigenvalue weighted by atomic mass is 9.96. The molecule has 9 heteroatoms. The van der Waals surface area contributed by atoms with Crippen molar-refractivity contribution in [2.45, 2.75) is 38.5 Å². The molecule has 2 aliphatic rings. The van der Waals surface area contributed by atoms with E-state index in [1.165, 1.54) is 7.11 Å². The molecule has 4 rings (SSSR count). The van der Waals surface area contributed by atoms with E-state index in [2.05, 4.69) is 5.32 Å². The monoisotopic (exact) mass is 452 g/mol. The van der Waals surface area contributed by atoms with Crippen LogP contribution in [-0.4, -0.2) is 55.0 Å². The summed E-state index contributed by atoms with van der Waals surface area (Å²) in [5.41, 5.74) is 6.72. The van der Waals surface area contributed by atoms with Crippen LogP contribution in [0.4, 0.5) is 5.69 Å². The Hall–Kier alpha value is -3.75. The number of methoxy groups -OCH3 is 1. The zero-order chi connectivity index (χ0) is 23.8. The number of nitrogen functional groups attached to an aromatic ring is 1. The fourth-order valence-electron chi connectivity index (χ4n) is 4.21. The number of hydrogen-bond donors (Lipinski definition) is 3. The number of nitrogens with one attached hydrogen (secondary N) is 2. The van der Waals surface area contributed by atoms with Gasteiger partial charge in [-0.15, -0.1) is 0 Å². The summed E-state index contributed by atoms with van der Waals surface area (Å²) in [6.07, 6.45) is 1.99. The molecule has 2 aromatic carbocycles. The molecule has 0 unspecified atom stereocenters. The van der Waals surface area contributed by atoms with Crippen LogP contribution in [0.1, 0.15) is 53.0 Å². The summed E-state index contributed by atoms with van der Waals surface area (Å²) in [6, 6.07) is 8.38. The molecule has 0 saturated carbocycles. The van der Waals surface area contributed by atoms with Crippen molar-refractivity contribution in [2.75, 3.05) is 25.9 Å². The zero-order valence-corrected chi connectivity index (χ0v) is 18.9. The normalized spacial score (nSPS) is 16.6. The van der Waals surface area contributed by atoms with Crippen molar-refractivity contribution in [1.82, 2.24) is 10.2 Å². The van der Waals surface area contributed by atoms with Gasteiger partial charge in [0, 0.05) is 43.4 Å². The number of piperidine rings is 1. The Kier molecular flexibility index (Phi) is 5.88. The highest BCUT2D eigenvalue weighted by atomic mass is 16.5. The number of carbonyl (C=O) groups excluding carboxylic acids is 2. The molecule has 2 amide bonds. The molecule has 2 aliphatic heterocycles. The number of rotatable bonds is 5. The van der Waals surface area contributed by atoms with Gasteiger partial charge in [0.1, 0.15) is 17.2 Å². The third-order valence-corrected chi connectivity index (χ3v) is 5.86. The van der Waals surface area contributed by atoms with Crippen LogP contribution in [-0.2, 0) is 0 Å². The third kappa shape index (κ3) is 4.30. The second-order valence-corrected chi connectivity index (χ2v) is 8.49. The maximum atomic E-state index is 13.1. The van der Waals surface area contributed by atoms with Crippen LogP contribution in [0, 0.1) is 5.41 Å². The van der Waals surface area contributed by atoms with E-state index >= 15 is 0 Å². The molecule has 1 saturated heterocycles. The van der Waals surface area contributed by atoms with Crippen LogP contribution < -0.4 is 25.3 Å². The maximum Gasteiger partial charge on any atom is 0.258 e. The first-order valence-electron chi connectivity index (χ1n) is 10.8. The number of hydrogen-bond acceptors (Lipinski definition) is 7. The molecule has 4 N–H and O–H groups in total. The quantitative estimate of drug-likeness (QED) is 0.473. The summed E-state index contributed by atoms with van der Waals surface area (Å²) in [7, 11) is 1.47. The lowest BCUT2D eigenvalue weighted by Gasteiger charge is -2.44. The number of benzene rings is 2. The van der Waals surface area contributed by atoms with Gasteiger partial charge in [0.25, 0.3) is 11.8 Å². The minimum atomic E-state index is -0.859. The minimum Gasteiger partial charge on any atom is -0.496 e. The first-order valence-corrected chi connectivity index (χ1v) is 10.8. The predicted octanol–water partition coefficient (Wildman–Crippen LogP) is 2.82. The summed E-state index contributed by atoms with van der Waals surface area (Å²) in [5.74, 6) is 1.09. The lowest BCUT2D eigenvalue weighted by molar-refractivity contribution is -0.0246. The van der Waals surface area contributed by atoms with Crippen LogP contribution in [0.3, 0.4) is 0 Å². The van der Waals surface area contributed by atoms with Gasteiger partial charge in [-0.05, 0) is 44.2 Å². The zero-order valence-electron chi connectivity index (χ0n) is 18.9. The standard InChI is InChI=1S/C24H28N4O5/c1-14(2)32-16-4-5-20-17(12-16)22(29)27-24(33-20)6-8-28(9-7-24)23(30)15-10-19(26)18(13-25)21(11-15)31-3/h4-5,10-14,25H,6-9,26H2,1-3H3,(H,27,29). The van der Waals surface area contributed by atoms with E-state index in [1.807, 2.05) is 13.8 Å². The molecular weight excluding hydrogens is 424 g/mol. The van der Waals surface area contributed by atoms with Crippen molar-refractivity contribution >= 4 is 23.7 Å². The van der Waals surface area contributed by atoms with Gasteiger partial charge in [-0.2, -0.15) is 0 Å². The first-order chi connectivity index (χ1) is 15.7. The van der Waals surface area contributed by atoms with Crippen molar-refractivity contribution in [3.05, 3.63) is 47.0 Å². The molecule has 1 spiro atoms. The van der Waals surface area contributed by atoms with E-state index in [0.717, 1.165) is 6.21 Å². The Labute approximate surface area is 192 Å². The first kappa shape index (κ1) is 22.4. The molecule has 9 nitrogen and oxygen atoms in total. The molecule has 2 heterocycles. The second-order valence-electron chi connectivity index (χ2n) is 8.49. The van der Waals surface area contributed by atoms with Crippen LogP contribution in [0.25, 0.3) is 0 Å². The average Bonchev–Trinajstić information content (AvgIpc) is 2.78. The lowest BCUT2D eigenvalue weighted by Crippen LogP contribution is -2.61. The topological polar surface area (TPSA) is 127 Å². The van der Waals surface area contributed by atoms with Crippen LogP contribution in [0.5, 0.6) is 17.2 Å². The molecular formula is C24H28N4O5. The fourth-order valence-corrected chi connectivity index (χ4v) is 4.21. The number of nitrogens with two attached hydrogens (primary N) is 1. The molecule has 0 bridgehead atoms. The Balaban J connectivity index is 1.48. The van der Waals surface area contributed by atoms with Crippen LogP contribution in [0.15, 0.2) is 30.3 Å². The van der Waals surface area contributed by atoms with E-state index in [4.69, 9.17) is 25.4 Å². The summed E-state index contributed by atoms with van der Waals surface area (Å²) in [5, 5.41) is 10.5. The summed E-state index contributed by atoms with van der Waals surface area (Å²) in [4.78, 5) is 27.6. The Morgan fingerprint density at radius 2 is 2.00 bits per heavy atom. The summed E-state index contributed by atoms with van der Waals surface area (Å²) < 4.78 is 17.2. The van der Waals surface area contributed by atoms with Gasteiger partial charge >= 0.3 is 0 Å². The van der Waals surface area contributed by atoms with Gasteiger partial charge in [0.2, 0.25) is 0 Å². The fraction of sp³-hybridized carbons (Fsp3) is 0.375. The number of likely N-dealkylation sites (tertiary alicyclic amines) is 1. The SMILES string of the molecule is COc1cc(C(=O)N2CCC3(CC2)NC(=O)c2cc(OC(C)C)ccc2O3)cc(N)c1C=N. The van der Waals surface area contributed by atoms with Gasteiger partial charge in [-0.3, -0.25) is 9.59 Å². The second kappa shape index (κ2) is 8.65. The molecule has 174 valence electrons. The largest absolute Gasteiger partial charge is 0.496 e. The molecule has 0 aromatic heterocycles. The molecule has 0 radical (unpaired) electrons. The number of carbonyl (C=O) groups is 2. The van der Waals surface area contributed by atoms with Crippen molar-refractivity contribution in [1.29, 1.82) is 5.41 Å². The summed E-state index contributed by atoms with van der Waals surface area (Å²) in [6.45, 7) is 4.65. The van der Waals surface area contributed by atoms with E-state index in [0.29, 0.717) is 65.6 Å². The average molecular weight is 453 g/mol. The van der Waals surface area contributed by atoms with E-state index in [1.54, 1.807) is 35.2 Å². The van der Waals surface area contributed by atoms with Crippen LogP contribution >= 0.6 is 0 Å². The molecule has 2 aromatic rings. The number of ether oxygens (including phenoxy) is 3. The Morgan fingerprint density at radius 1 is 1.27 bits per heavy atom. The highest BCUT2D eigenvalue weighted by Crippen LogP contribution is 2.36. The molecule has 33 heavy (non-hydrogen) atoms. The van der Waals surface area contributed by atoms with Gasteiger partial charge in [-0.25, -0.2) is 0 Å². The van der Waals surface area contributed by atoms with Crippen molar-refractivity contribution in [3.63, 3.8) is 0 Å². The smallest absolute Gasteiger partial charge is 0.258 e. The molecule has 1 fully saturated rings. The Bertz CT molecular complexity index is 1110. The maximum absolute atomic E-state index is 13.1. The molecule has 0 atom stereocenters. The minimum absolute atomic E-state index is 0.000419. The van der Waals surface area contributed by atoms with Crippen molar-refractivity contribution in [3.8, 4) is 17.2 Å².